The second kappa shape index (κ2) is 10.6. The molecule has 0 saturated carbocycles. The molecule has 0 bridgehead atoms. The molecule has 6 nitrogen and oxygen atoms in total. The molecule has 2 aromatic carbocycles. The third-order valence-electron chi connectivity index (χ3n) is 4.23. The molecule has 3 aromatic rings. The summed E-state index contributed by atoms with van der Waals surface area (Å²) >= 11 is 7.54. The van der Waals surface area contributed by atoms with Crippen LogP contribution in [0.15, 0.2) is 76.8 Å². The van der Waals surface area contributed by atoms with E-state index in [0.717, 1.165) is 16.1 Å². The monoisotopic (exact) mass is 452 g/mol. The van der Waals surface area contributed by atoms with E-state index in [-0.39, 0.29) is 11.3 Å². The molecule has 0 fully saturated rings. The van der Waals surface area contributed by atoms with E-state index in [1.54, 1.807) is 30.3 Å². The fraction of sp³-hybridized carbons (Fsp3) is 0.0870. The number of nitrogens with zero attached hydrogens (tertiary/aromatic N) is 2. The second-order valence-electron chi connectivity index (χ2n) is 6.69. The van der Waals surface area contributed by atoms with E-state index in [1.807, 2.05) is 60.8 Å². The van der Waals surface area contributed by atoms with Crippen LogP contribution in [0.3, 0.4) is 0 Å². The minimum Gasteiger partial charge on any atom is -0.378 e. The summed E-state index contributed by atoms with van der Waals surface area (Å²) < 4.78 is 0. The Bertz CT molecular complexity index is 1110. The summed E-state index contributed by atoms with van der Waals surface area (Å²) in [6.07, 6.45) is 3.13. The van der Waals surface area contributed by atoms with Crippen molar-refractivity contribution in [2.24, 2.45) is 5.10 Å². The van der Waals surface area contributed by atoms with Gasteiger partial charge in [-0.2, -0.15) is 5.10 Å². The van der Waals surface area contributed by atoms with Gasteiger partial charge in [-0.25, -0.2) is 5.43 Å². The number of benzene rings is 2. The number of hydrogen-bond donors (Lipinski definition) is 2. The third-order valence-corrected chi connectivity index (χ3v) is 5.38. The Hall–Kier alpha value is -3.42. The number of halogens is 1. The Morgan fingerprint density at radius 2 is 1.77 bits per heavy atom. The van der Waals surface area contributed by atoms with Gasteiger partial charge in [0, 0.05) is 24.7 Å². The van der Waals surface area contributed by atoms with Crippen molar-refractivity contribution in [2.45, 2.75) is 0 Å². The van der Waals surface area contributed by atoms with Crippen LogP contribution in [-0.2, 0) is 4.79 Å². The van der Waals surface area contributed by atoms with Crippen LogP contribution in [0.2, 0.25) is 5.02 Å². The fourth-order valence-corrected chi connectivity index (χ4v) is 3.47. The van der Waals surface area contributed by atoms with E-state index >= 15 is 0 Å². The summed E-state index contributed by atoms with van der Waals surface area (Å²) in [6.45, 7) is 0. The summed E-state index contributed by atoms with van der Waals surface area (Å²) in [5.74, 6) is -1.03. The zero-order valence-corrected chi connectivity index (χ0v) is 18.6. The normalized spacial score (nSPS) is 11.4. The van der Waals surface area contributed by atoms with Gasteiger partial charge in [0.15, 0.2) is 0 Å². The van der Waals surface area contributed by atoms with Crippen LogP contribution in [0.4, 0.5) is 5.69 Å². The highest BCUT2D eigenvalue weighted by Crippen LogP contribution is 2.17. The smallest absolute Gasteiger partial charge is 0.287 e. The molecule has 0 atom stereocenters. The minimum atomic E-state index is -0.546. The molecule has 0 aliphatic rings. The molecule has 0 saturated heterocycles. The van der Waals surface area contributed by atoms with Crippen LogP contribution >= 0.6 is 22.9 Å². The Kier molecular flexibility index (Phi) is 7.59. The molecule has 0 radical (unpaired) electrons. The lowest BCUT2D eigenvalue weighted by Gasteiger charge is -2.11. The summed E-state index contributed by atoms with van der Waals surface area (Å²) in [5.41, 5.74) is 4.69. The third kappa shape index (κ3) is 6.28. The molecule has 0 aliphatic heterocycles. The van der Waals surface area contributed by atoms with Gasteiger partial charge in [-0.3, -0.25) is 9.59 Å². The van der Waals surface area contributed by atoms with Crippen molar-refractivity contribution in [1.29, 1.82) is 0 Å². The topological polar surface area (TPSA) is 73.8 Å². The molecule has 31 heavy (non-hydrogen) atoms. The average Bonchev–Trinajstić information content (AvgIpc) is 3.27. The molecule has 0 unspecified atom stereocenters. The predicted molar refractivity (Wildman–Crippen MR) is 128 cm³/mol. The van der Waals surface area contributed by atoms with Crippen molar-refractivity contribution in [2.75, 3.05) is 19.0 Å². The van der Waals surface area contributed by atoms with E-state index in [0.29, 0.717) is 5.02 Å². The van der Waals surface area contributed by atoms with Crippen LogP contribution in [0.25, 0.3) is 6.08 Å². The predicted octanol–water partition coefficient (Wildman–Crippen LogP) is 4.39. The molecule has 2 amide bonds. The van der Waals surface area contributed by atoms with Crippen LogP contribution < -0.4 is 15.6 Å². The van der Waals surface area contributed by atoms with Gasteiger partial charge < -0.3 is 10.2 Å². The number of rotatable bonds is 7. The Morgan fingerprint density at radius 1 is 1.03 bits per heavy atom. The molecule has 158 valence electrons. The largest absolute Gasteiger partial charge is 0.378 e. The first-order valence-corrected chi connectivity index (χ1v) is 10.6. The highest BCUT2D eigenvalue weighted by atomic mass is 35.5. The molecular formula is C23H21ClN4O2S. The highest BCUT2D eigenvalue weighted by Gasteiger charge is 2.16. The lowest BCUT2D eigenvalue weighted by atomic mass is 10.2. The summed E-state index contributed by atoms with van der Waals surface area (Å²) in [4.78, 5) is 28.2. The number of carbonyl (C=O) groups is 2. The zero-order chi connectivity index (χ0) is 22.2. The molecule has 1 heterocycles. The van der Waals surface area contributed by atoms with Gasteiger partial charge in [0.1, 0.15) is 5.70 Å². The molecular weight excluding hydrogens is 432 g/mol. The maximum Gasteiger partial charge on any atom is 0.287 e. The maximum atomic E-state index is 12.7. The van der Waals surface area contributed by atoms with Gasteiger partial charge in [-0.15, -0.1) is 11.3 Å². The van der Waals surface area contributed by atoms with Crippen LogP contribution in [0, 0.1) is 0 Å². The standard InChI is InChI=1S/C23H21ClN4O2S/c1-28(2)17-11-9-16(10-12-17)15-25-27-23(30)21(14-18-6-5-13-31-18)26-22(29)19-7-3-4-8-20(19)24/h3-15H,1-2H3,(H,26,29)(H,27,30)/b21-14-,25-15+. The van der Waals surface area contributed by atoms with E-state index in [9.17, 15) is 9.59 Å². The number of nitrogens with one attached hydrogen (secondary N) is 2. The van der Waals surface area contributed by atoms with Gasteiger partial charge >= 0.3 is 0 Å². The maximum absolute atomic E-state index is 12.7. The highest BCUT2D eigenvalue weighted by molar-refractivity contribution is 7.10. The minimum absolute atomic E-state index is 0.0625. The number of carbonyl (C=O) groups excluding carboxylic acids is 2. The number of amides is 2. The Balaban J connectivity index is 1.74. The van der Waals surface area contributed by atoms with Crippen LogP contribution in [0.1, 0.15) is 20.8 Å². The second-order valence-corrected chi connectivity index (χ2v) is 8.08. The van der Waals surface area contributed by atoms with E-state index < -0.39 is 11.8 Å². The van der Waals surface area contributed by atoms with Gasteiger partial charge in [0.05, 0.1) is 16.8 Å². The average molecular weight is 453 g/mol. The van der Waals surface area contributed by atoms with Crippen molar-refractivity contribution < 1.29 is 9.59 Å². The summed E-state index contributed by atoms with van der Waals surface area (Å²) in [7, 11) is 3.92. The number of thiophene rings is 1. The van der Waals surface area contributed by atoms with E-state index in [1.165, 1.54) is 17.6 Å². The SMILES string of the molecule is CN(C)c1ccc(/C=N/NC(=O)/C(=C/c2cccs2)NC(=O)c2ccccc2Cl)cc1. The van der Waals surface area contributed by atoms with E-state index in [4.69, 9.17) is 11.6 Å². The number of hydrogen-bond acceptors (Lipinski definition) is 5. The molecule has 3 rings (SSSR count). The molecule has 2 N–H and O–H groups in total. The van der Waals surface area contributed by atoms with Gasteiger partial charge in [-0.1, -0.05) is 41.9 Å². The van der Waals surface area contributed by atoms with Gasteiger partial charge in [-0.05, 0) is 47.4 Å². The van der Waals surface area contributed by atoms with Crippen molar-refractivity contribution >= 4 is 52.7 Å². The van der Waals surface area contributed by atoms with Crippen molar-refractivity contribution in [3.8, 4) is 0 Å². The summed E-state index contributed by atoms with van der Waals surface area (Å²) in [6, 6.07) is 18.0. The molecule has 8 heteroatoms. The van der Waals surface area contributed by atoms with Crippen molar-refractivity contribution in [3.05, 3.63) is 92.8 Å². The lowest BCUT2D eigenvalue weighted by molar-refractivity contribution is -0.117. The quantitative estimate of drug-likeness (QED) is 0.317. The van der Waals surface area contributed by atoms with Gasteiger partial charge in [0.2, 0.25) is 0 Å². The molecule has 1 aromatic heterocycles. The van der Waals surface area contributed by atoms with Gasteiger partial charge in [0.25, 0.3) is 11.8 Å². The first kappa shape index (κ1) is 22.3. The zero-order valence-electron chi connectivity index (χ0n) is 17.0. The molecule has 0 aliphatic carbocycles. The lowest BCUT2D eigenvalue weighted by Crippen LogP contribution is -2.32. The van der Waals surface area contributed by atoms with Crippen molar-refractivity contribution in [1.82, 2.24) is 10.7 Å². The fourth-order valence-electron chi connectivity index (χ4n) is 2.59. The Labute approximate surface area is 189 Å². The van der Waals surface area contributed by atoms with Crippen molar-refractivity contribution in [3.63, 3.8) is 0 Å². The van der Waals surface area contributed by atoms with Crippen LogP contribution in [0.5, 0.6) is 0 Å². The molecule has 0 spiro atoms. The first-order valence-electron chi connectivity index (χ1n) is 9.36. The summed E-state index contributed by atoms with van der Waals surface area (Å²) in [5, 5.41) is 8.83. The van der Waals surface area contributed by atoms with E-state index in [2.05, 4.69) is 15.8 Å². The Morgan fingerprint density at radius 3 is 2.42 bits per heavy atom. The first-order chi connectivity index (χ1) is 14.9. The van der Waals surface area contributed by atoms with Crippen LogP contribution in [-0.4, -0.2) is 32.1 Å². The number of hydrazone groups is 1. The number of anilines is 1.